The van der Waals surface area contributed by atoms with E-state index in [0.717, 1.165) is 35.0 Å². The van der Waals surface area contributed by atoms with Crippen LogP contribution in [-0.4, -0.2) is 19.3 Å². The quantitative estimate of drug-likeness (QED) is 0.804. The third kappa shape index (κ3) is 2.49. The molecule has 0 aliphatic heterocycles. The number of nitrogens with zero attached hydrogens (tertiary/aromatic N) is 4. The van der Waals surface area contributed by atoms with Gasteiger partial charge in [-0.1, -0.05) is 15.9 Å². The number of halogens is 1. The summed E-state index contributed by atoms with van der Waals surface area (Å²) in [5.74, 6) is 0.563. The Bertz CT molecular complexity index is 686. The first-order valence-electron chi connectivity index (χ1n) is 6.13. The van der Waals surface area contributed by atoms with Gasteiger partial charge in [-0.05, 0) is 30.7 Å². The van der Waals surface area contributed by atoms with E-state index in [0.29, 0.717) is 5.95 Å². The SMILES string of the molecule is Nc1nc2cc(Br)ccc2n1CCCn1cccn1. The number of benzene rings is 1. The molecule has 0 saturated carbocycles. The lowest BCUT2D eigenvalue weighted by Crippen LogP contribution is -2.07. The standard InChI is InChI=1S/C13H14BrN5/c14-10-3-4-12-11(9-10)17-13(15)19(12)8-2-7-18-6-1-5-16-18/h1,3-6,9H,2,7-8H2,(H2,15,17). The minimum Gasteiger partial charge on any atom is -0.369 e. The van der Waals surface area contributed by atoms with Gasteiger partial charge >= 0.3 is 0 Å². The lowest BCUT2D eigenvalue weighted by atomic mass is 10.3. The summed E-state index contributed by atoms with van der Waals surface area (Å²) in [6.45, 7) is 1.71. The Morgan fingerprint density at radius 2 is 2.16 bits per heavy atom. The molecule has 19 heavy (non-hydrogen) atoms. The summed E-state index contributed by atoms with van der Waals surface area (Å²) < 4.78 is 4.98. The summed E-state index contributed by atoms with van der Waals surface area (Å²) in [7, 11) is 0. The highest BCUT2D eigenvalue weighted by molar-refractivity contribution is 9.10. The summed E-state index contributed by atoms with van der Waals surface area (Å²) in [5, 5.41) is 4.19. The summed E-state index contributed by atoms with van der Waals surface area (Å²) in [6, 6.07) is 7.96. The van der Waals surface area contributed by atoms with Crippen LogP contribution in [0.5, 0.6) is 0 Å². The van der Waals surface area contributed by atoms with Crippen molar-refractivity contribution < 1.29 is 0 Å². The molecular weight excluding hydrogens is 306 g/mol. The molecule has 0 saturated heterocycles. The molecule has 0 bridgehead atoms. The average molecular weight is 320 g/mol. The molecule has 2 N–H and O–H groups in total. The fraction of sp³-hybridized carbons (Fsp3) is 0.231. The second-order valence-corrected chi connectivity index (χ2v) is 5.29. The zero-order valence-corrected chi connectivity index (χ0v) is 11.9. The van der Waals surface area contributed by atoms with Crippen molar-refractivity contribution in [3.8, 4) is 0 Å². The van der Waals surface area contributed by atoms with Crippen molar-refractivity contribution in [2.24, 2.45) is 0 Å². The summed E-state index contributed by atoms with van der Waals surface area (Å²) in [4.78, 5) is 4.38. The van der Waals surface area contributed by atoms with E-state index in [4.69, 9.17) is 5.73 Å². The Morgan fingerprint density at radius 3 is 2.95 bits per heavy atom. The fourth-order valence-corrected chi connectivity index (χ4v) is 2.53. The van der Waals surface area contributed by atoms with Gasteiger partial charge in [0.2, 0.25) is 5.95 Å². The van der Waals surface area contributed by atoms with Crippen molar-refractivity contribution in [3.05, 3.63) is 41.1 Å². The Balaban J connectivity index is 1.78. The number of rotatable bonds is 4. The molecule has 2 heterocycles. The maximum Gasteiger partial charge on any atom is 0.201 e. The van der Waals surface area contributed by atoms with Crippen LogP contribution in [0.4, 0.5) is 5.95 Å². The van der Waals surface area contributed by atoms with E-state index in [1.54, 1.807) is 6.20 Å². The van der Waals surface area contributed by atoms with E-state index >= 15 is 0 Å². The van der Waals surface area contributed by atoms with Gasteiger partial charge in [0.05, 0.1) is 11.0 Å². The van der Waals surface area contributed by atoms with Crippen LogP contribution < -0.4 is 5.73 Å². The highest BCUT2D eigenvalue weighted by atomic mass is 79.9. The minimum absolute atomic E-state index is 0.563. The number of anilines is 1. The van der Waals surface area contributed by atoms with Crippen LogP contribution in [0.1, 0.15) is 6.42 Å². The van der Waals surface area contributed by atoms with Gasteiger partial charge in [-0.25, -0.2) is 4.98 Å². The molecule has 2 aromatic heterocycles. The minimum atomic E-state index is 0.563. The molecule has 6 heteroatoms. The topological polar surface area (TPSA) is 61.7 Å². The van der Waals surface area contributed by atoms with Gasteiger partial charge < -0.3 is 10.3 Å². The van der Waals surface area contributed by atoms with E-state index in [9.17, 15) is 0 Å². The molecule has 1 aromatic carbocycles. The summed E-state index contributed by atoms with van der Waals surface area (Å²) >= 11 is 3.44. The van der Waals surface area contributed by atoms with Crippen LogP contribution in [0.2, 0.25) is 0 Å². The van der Waals surface area contributed by atoms with Crippen LogP contribution in [0.25, 0.3) is 11.0 Å². The van der Waals surface area contributed by atoms with Crippen LogP contribution >= 0.6 is 15.9 Å². The number of hydrogen-bond donors (Lipinski definition) is 1. The molecular formula is C13H14BrN5. The van der Waals surface area contributed by atoms with Crippen LogP contribution in [0, 0.1) is 0 Å². The van der Waals surface area contributed by atoms with Gasteiger partial charge in [0.1, 0.15) is 0 Å². The number of nitrogen functional groups attached to an aromatic ring is 1. The molecule has 0 aliphatic carbocycles. The van der Waals surface area contributed by atoms with Crippen LogP contribution in [0.15, 0.2) is 41.1 Å². The number of nitrogens with two attached hydrogens (primary N) is 1. The van der Waals surface area contributed by atoms with E-state index in [2.05, 4.69) is 26.0 Å². The Labute approximate surface area is 119 Å². The molecule has 0 unspecified atom stereocenters. The van der Waals surface area contributed by atoms with Crippen molar-refractivity contribution in [1.29, 1.82) is 0 Å². The first-order valence-corrected chi connectivity index (χ1v) is 6.92. The average Bonchev–Trinajstić information content (AvgIpc) is 2.98. The molecule has 0 aliphatic rings. The van der Waals surface area contributed by atoms with E-state index in [1.165, 1.54) is 0 Å². The number of hydrogen-bond acceptors (Lipinski definition) is 3. The molecule has 3 aromatic rings. The number of imidazole rings is 1. The number of aromatic nitrogens is 4. The van der Waals surface area contributed by atoms with Crippen molar-refractivity contribution in [3.63, 3.8) is 0 Å². The van der Waals surface area contributed by atoms with Crippen LogP contribution in [0.3, 0.4) is 0 Å². The molecule has 0 atom stereocenters. The molecule has 0 radical (unpaired) electrons. The first kappa shape index (κ1) is 12.2. The fourth-order valence-electron chi connectivity index (χ4n) is 2.18. The number of aryl methyl sites for hydroxylation is 2. The highest BCUT2D eigenvalue weighted by Gasteiger charge is 2.08. The zero-order chi connectivity index (χ0) is 13.2. The van der Waals surface area contributed by atoms with Crippen molar-refractivity contribution in [2.75, 3.05) is 5.73 Å². The maximum absolute atomic E-state index is 5.98. The summed E-state index contributed by atoms with van der Waals surface area (Å²) in [6.07, 6.45) is 4.72. The predicted octanol–water partition coefficient (Wildman–Crippen LogP) is 2.67. The van der Waals surface area contributed by atoms with Gasteiger partial charge in [0.25, 0.3) is 0 Å². The van der Waals surface area contributed by atoms with Gasteiger partial charge in [-0.3, -0.25) is 4.68 Å². The molecule has 0 fully saturated rings. The third-order valence-electron chi connectivity index (χ3n) is 3.07. The normalized spacial score (nSPS) is 11.2. The van der Waals surface area contributed by atoms with Crippen molar-refractivity contribution >= 4 is 32.9 Å². The maximum atomic E-state index is 5.98. The monoisotopic (exact) mass is 319 g/mol. The van der Waals surface area contributed by atoms with Crippen LogP contribution in [-0.2, 0) is 13.1 Å². The Kier molecular flexibility index (Phi) is 3.25. The Hall–Kier alpha value is -1.82. The van der Waals surface area contributed by atoms with Gasteiger partial charge in [0, 0.05) is 30.0 Å². The highest BCUT2D eigenvalue weighted by Crippen LogP contribution is 2.22. The molecule has 98 valence electrons. The largest absolute Gasteiger partial charge is 0.369 e. The molecule has 3 rings (SSSR count). The smallest absolute Gasteiger partial charge is 0.201 e. The third-order valence-corrected chi connectivity index (χ3v) is 3.56. The molecule has 0 amide bonds. The number of fused-ring (bicyclic) bond motifs is 1. The van der Waals surface area contributed by atoms with Crippen molar-refractivity contribution in [2.45, 2.75) is 19.5 Å². The molecule has 5 nitrogen and oxygen atoms in total. The van der Waals surface area contributed by atoms with E-state index in [1.807, 2.05) is 39.7 Å². The lowest BCUT2D eigenvalue weighted by Gasteiger charge is -2.06. The summed E-state index contributed by atoms with van der Waals surface area (Å²) in [5.41, 5.74) is 7.97. The lowest BCUT2D eigenvalue weighted by molar-refractivity contribution is 0.535. The second-order valence-electron chi connectivity index (χ2n) is 4.38. The molecule has 0 spiro atoms. The van der Waals surface area contributed by atoms with Gasteiger partial charge in [0.15, 0.2) is 0 Å². The van der Waals surface area contributed by atoms with Gasteiger partial charge in [-0.2, -0.15) is 5.10 Å². The van der Waals surface area contributed by atoms with Crippen molar-refractivity contribution in [1.82, 2.24) is 19.3 Å². The first-order chi connectivity index (χ1) is 9.24. The second kappa shape index (κ2) is 5.05. The Morgan fingerprint density at radius 1 is 1.26 bits per heavy atom. The predicted molar refractivity (Wildman–Crippen MR) is 78.7 cm³/mol. The van der Waals surface area contributed by atoms with Gasteiger partial charge in [-0.15, -0.1) is 0 Å². The van der Waals surface area contributed by atoms with E-state index in [-0.39, 0.29) is 0 Å². The van der Waals surface area contributed by atoms with E-state index < -0.39 is 0 Å². The zero-order valence-electron chi connectivity index (χ0n) is 10.3.